The first-order valence-electron chi connectivity index (χ1n) is 25.3. The number of fused-ring (bicyclic) bond motifs is 5. The monoisotopic (exact) mass is 1070 g/mol. The molecule has 21 nitrogen and oxygen atoms in total. The van der Waals surface area contributed by atoms with E-state index in [1.807, 2.05) is 0 Å². The fourth-order valence-electron chi connectivity index (χ4n) is 11.4. The molecule has 1 aliphatic heterocycles. The van der Waals surface area contributed by atoms with Gasteiger partial charge in [0.2, 0.25) is 17.7 Å². The molecular formula is C56H66N2O19. The summed E-state index contributed by atoms with van der Waals surface area (Å²) in [4.78, 5) is 125. The molecule has 4 fully saturated rings. The Morgan fingerprint density at radius 3 is 2.05 bits per heavy atom. The molecule has 3 aliphatic carbocycles. The fraction of sp³-hybridized carbons (Fsp3) is 0.518. The number of esters is 5. The smallest absolute Gasteiger partial charge is 0.408 e. The van der Waals surface area contributed by atoms with Crippen LogP contribution in [-0.2, 0) is 73.3 Å². The summed E-state index contributed by atoms with van der Waals surface area (Å²) in [7, 11) is 0. The Kier molecular flexibility index (Phi) is 17.0. The van der Waals surface area contributed by atoms with E-state index in [-0.39, 0.29) is 37.3 Å². The van der Waals surface area contributed by atoms with E-state index >= 15 is 14.4 Å². The van der Waals surface area contributed by atoms with Gasteiger partial charge >= 0.3 is 42.0 Å². The van der Waals surface area contributed by atoms with E-state index in [1.165, 1.54) is 52.0 Å². The zero-order valence-corrected chi connectivity index (χ0v) is 44.1. The standard InChI is InChI=1S/C56H66N2O19/c1-31-36(27-56(69)47(75-48(65)35-22-16-11-17-23-35)45-54(8,46(64)43(63)41(31)53(56,6)7)37(60)26-38-55(45,30-72-38)76-32(2)59)73-49(66)44(42(34-20-14-10-15-21-34)58-51(68)77-52(3,4)5)74-40(62)29-70-39(61)24-25-57-50(67)71-28-33-18-12-9-13-19-33/h9-23,31,36-38,41-42,44-45,47,60,69H,24-30H2,1-8H3,(H,57,67)(H,58,68)/t31?,36-,37-,38+,41?,42-,44+,45-,47-,54+,55-,56+/m0/s1. The van der Waals surface area contributed by atoms with Crippen LogP contribution in [0.4, 0.5) is 9.59 Å². The molecule has 2 amide bonds. The molecule has 414 valence electrons. The summed E-state index contributed by atoms with van der Waals surface area (Å²) in [5.74, 6) is -12.0. The first kappa shape index (κ1) is 57.5. The van der Waals surface area contributed by atoms with E-state index in [0.717, 1.165) is 12.5 Å². The molecule has 7 rings (SSSR count). The highest BCUT2D eigenvalue weighted by Gasteiger charge is 2.79. The molecule has 0 aromatic heterocycles. The van der Waals surface area contributed by atoms with Crippen LogP contribution < -0.4 is 10.6 Å². The van der Waals surface area contributed by atoms with E-state index < -0.39 is 155 Å². The second kappa shape index (κ2) is 22.8. The van der Waals surface area contributed by atoms with Gasteiger partial charge in [-0.2, -0.15) is 0 Å². The highest BCUT2D eigenvalue weighted by Crippen LogP contribution is 2.64. The summed E-state index contributed by atoms with van der Waals surface area (Å²) in [6.45, 7) is 9.95. The van der Waals surface area contributed by atoms with Crippen LogP contribution in [0.3, 0.4) is 0 Å². The van der Waals surface area contributed by atoms with Gasteiger partial charge in [0.05, 0.1) is 36.0 Å². The number of alkyl carbamates (subject to hydrolysis) is 2. The van der Waals surface area contributed by atoms with Gasteiger partial charge in [-0.25, -0.2) is 24.0 Å². The topological polar surface area (TPSA) is 292 Å². The molecule has 1 heterocycles. The highest BCUT2D eigenvalue weighted by molar-refractivity contribution is 6.40. The second-order valence-corrected chi connectivity index (χ2v) is 21.8. The number of rotatable bonds is 16. The number of amides is 2. The van der Waals surface area contributed by atoms with Crippen LogP contribution in [0.5, 0.6) is 0 Å². The van der Waals surface area contributed by atoms with Crippen LogP contribution in [0, 0.1) is 28.6 Å². The van der Waals surface area contributed by atoms with Gasteiger partial charge in [0.25, 0.3) is 0 Å². The van der Waals surface area contributed by atoms with Gasteiger partial charge in [0, 0.05) is 43.6 Å². The Labute approximate surface area is 444 Å². The summed E-state index contributed by atoms with van der Waals surface area (Å²) in [6, 6.07) is 22.7. The number of hydrogen-bond donors (Lipinski definition) is 4. The number of carbonyl (C=O) groups excluding carboxylic acids is 9. The third-order valence-electron chi connectivity index (χ3n) is 15.3. The van der Waals surface area contributed by atoms with Gasteiger partial charge in [-0.15, -0.1) is 0 Å². The molecule has 0 spiro atoms. The molecule has 2 bridgehead atoms. The number of aliphatic hydroxyl groups is 2. The SMILES string of the molecule is CC(=O)O[C@@]12CO[C@@H]1C[C@H](O)[C@@]1(C)C(=O)C(=O)C3C(C)[C@@H](OC(=O)[C@H](OC(=O)COC(=O)CCNC(=O)OCc4ccccc4)[C@@H](NC(=O)OC(C)(C)C)c4ccccc4)C[C@@](O)([C@@H](OC(=O)c4ccccc4)[C@H]21)C3(C)C. The van der Waals surface area contributed by atoms with Gasteiger partial charge < -0.3 is 58.7 Å². The summed E-state index contributed by atoms with van der Waals surface area (Å²) in [5.41, 5.74) is -8.41. The lowest BCUT2D eigenvalue weighted by Gasteiger charge is -2.67. The Morgan fingerprint density at radius 2 is 1.45 bits per heavy atom. The first-order valence-corrected chi connectivity index (χ1v) is 25.3. The molecule has 21 heteroatoms. The summed E-state index contributed by atoms with van der Waals surface area (Å²) in [6.07, 6.45) is -11.6. The number of hydrogen-bond acceptors (Lipinski definition) is 19. The van der Waals surface area contributed by atoms with Crippen molar-refractivity contribution in [1.82, 2.24) is 10.6 Å². The quantitative estimate of drug-likeness (QED) is 0.0850. The number of benzene rings is 3. The first-order chi connectivity index (χ1) is 36.2. The fourth-order valence-corrected chi connectivity index (χ4v) is 11.4. The highest BCUT2D eigenvalue weighted by atomic mass is 16.6. The third-order valence-corrected chi connectivity index (χ3v) is 15.3. The Balaban J connectivity index is 1.23. The van der Waals surface area contributed by atoms with Crippen molar-refractivity contribution in [3.8, 4) is 0 Å². The van der Waals surface area contributed by atoms with Crippen LogP contribution >= 0.6 is 0 Å². The van der Waals surface area contributed by atoms with Crippen molar-refractivity contribution in [2.45, 2.75) is 135 Å². The second-order valence-electron chi connectivity index (χ2n) is 21.8. The molecule has 1 saturated heterocycles. The maximum absolute atomic E-state index is 15.2. The lowest BCUT2D eigenvalue weighted by atomic mass is 9.42. The van der Waals surface area contributed by atoms with Crippen molar-refractivity contribution < 1.29 is 91.3 Å². The maximum Gasteiger partial charge on any atom is 0.408 e. The van der Waals surface area contributed by atoms with E-state index in [4.69, 9.17) is 37.9 Å². The molecule has 4 N–H and O–H groups in total. The van der Waals surface area contributed by atoms with Crippen molar-refractivity contribution in [2.75, 3.05) is 19.8 Å². The molecule has 0 radical (unpaired) electrons. The van der Waals surface area contributed by atoms with Crippen LogP contribution in [0.1, 0.15) is 102 Å². The van der Waals surface area contributed by atoms with Gasteiger partial charge in [0.15, 0.2) is 12.2 Å². The Morgan fingerprint density at radius 1 is 0.831 bits per heavy atom. The molecule has 3 aromatic carbocycles. The van der Waals surface area contributed by atoms with Crippen molar-refractivity contribution in [3.63, 3.8) is 0 Å². The Bertz CT molecular complexity index is 2710. The van der Waals surface area contributed by atoms with E-state index in [9.17, 15) is 39.0 Å². The normalized spacial score (nSPS) is 28.8. The summed E-state index contributed by atoms with van der Waals surface area (Å²) in [5, 5.41) is 30.7. The molecule has 3 aromatic rings. The van der Waals surface area contributed by atoms with Crippen molar-refractivity contribution in [2.24, 2.45) is 28.6 Å². The van der Waals surface area contributed by atoms with Crippen molar-refractivity contribution in [1.29, 1.82) is 0 Å². The summed E-state index contributed by atoms with van der Waals surface area (Å²) < 4.78 is 46.1. The minimum Gasteiger partial charge on any atom is -0.459 e. The predicted molar refractivity (Wildman–Crippen MR) is 267 cm³/mol. The molecule has 4 aliphatic rings. The Hall–Kier alpha value is -7.23. The molecular weight excluding hydrogens is 1000 g/mol. The van der Waals surface area contributed by atoms with Crippen LogP contribution in [-0.4, -0.2) is 131 Å². The summed E-state index contributed by atoms with van der Waals surface area (Å²) >= 11 is 0. The number of ketones is 2. The van der Waals surface area contributed by atoms with Crippen molar-refractivity contribution in [3.05, 3.63) is 108 Å². The van der Waals surface area contributed by atoms with E-state index in [2.05, 4.69) is 10.6 Å². The molecule has 2 unspecified atom stereocenters. The zero-order chi connectivity index (χ0) is 56.3. The number of ether oxygens (including phenoxy) is 8. The average Bonchev–Trinajstić information content (AvgIpc) is 3.47. The van der Waals surface area contributed by atoms with Gasteiger partial charge in [-0.1, -0.05) is 99.6 Å². The van der Waals surface area contributed by atoms with Gasteiger partial charge in [-0.05, 0) is 51.0 Å². The van der Waals surface area contributed by atoms with E-state index in [1.54, 1.807) is 87.5 Å². The number of carbonyl (C=O) groups is 9. The zero-order valence-electron chi connectivity index (χ0n) is 44.1. The van der Waals surface area contributed by atoms with E-state index in [0.29, 0.717) is 0 Å². The molecule has 3 saturated carbocycles. The minimum absolute atomic E-state index is 0.0127. The van der Waals surface area contributed by atoms with Gasteiger partial charge in [0.1, 0.15) is 42.2 Å². The number of nitrogens with one attached hydrogen (secondary N) is 2. The van der Waals surface area contributed by atoms with Crippen LogP contribution in [0.2, 0.25) is 0 Å². The lowest BCUT2D eigenvalue weighted by Crippen LogP contribution is -2.82. The predicted octanol–water partition coefficient (Wildman–Crippen LogP) is 4.81. The molecule has 12 atom stereocenters. The minimum atomic E-state index is -2.51. The van der Waals surface area contributed by atoms with Crippen LogP contribution in [0.15, 0.2) is 91.0 Å². The molecule has 77 heavy (non-hydrogen) atoms. The lowest BCUT2D eigenvalue weighted by molar-refractivity contribution is -0.350. The van der Waals surface area contributed by atoms with Gasteiger partial charge in [-0.3, -0.25) is 19.2 Å². The largest absolute Gasteiger partial charge is 0.459 e. The number of aliphatic hydroxyl groups excluding tert-OH is 1. The average molecular weight is 1070 g/mol. The third kappa shape index (κ3) is 11.9. The number of Topliss-reactive ketones (excluding diaryl/α,β-unsaturated/α-hetero) is 2. The maximum atomic E-state index is 15.2. The van der Waals surface area contributed by atoms with Crippen molar-refractivity contribution >= 4 is 53.6 Å². The van der Waals surface area contributed by atoms with Crippen LogP contribution in [0.25, 0.3) is 0 Å².